The van der Waals surface area contributed by atoms with E-state index in [-0.39, 0.29) is 0 Å². The van der Waals surface area contributed by atoms with Crippen molar-refractivity contribution in [2.75, 3.05) is 0 Å². The average Bonchev–Trinajstić information content (AvgIpc) is 3.89. The minimum atomic E-state index is 1.24. The van der Waals surface area contributed by atoms with Crippen LogP contribution in [0.2, 0.25) is 0 Å². The second-order valence-electron chi connectivity index (χ2n) is 15.8. The topological polar surface area (TPSA) is 0 Å². The fraction of sp³-hybridized carbons (Fsp3) is 0. The maximum atomic E-state index is 2.45. The molecule has 0 fully saturated rings. The molecule has 0 atom stereocenters. The van der Waals surface area contributed by atoms with Crippen molar-refractivity contribution in [1.82, 2.24) is 0 Å². The molecule has 2 heterocycles. The Bertz CT molecular complexity index is 3770. The summed E-state index contributed by atoms with van der Waals surface area (Å²) < 4.78 is 5.26. The van der Waals surface area contributed by atoms with Crippen molar-refractivity contribution in [2.45, 2.75) is 0 Å². The first-order chi connectivity index (χ1) is 29.8. The van der Waals surface area contributed by atoms with Gasteiger partial charge in [-0.05, 0) is 112 Å². The minimum Gasteiger partial charge on any atom is -0.135 e. The largest absolute Gasteiger partial charge is 0.135 e. The van der Waals surface area contributed by atoms with Gasteiger partial charge in [-0.1, -0.05) is 182 Å². The number of benzene rings is 11. The highest BCUT2D eigenvalue weighted by atomic mass is 32.1. The standard InChI is InChI=1S/C58H34S2/c1-2-16-35(17-3-1)53-37-18-4-6-20-39(37)54(40-21-7-5-19-38(40)53)36-32-33-46-52(34-36)60-51-31-15-28-48(58(46)51)56-43-24-10-8-22-41(43)55(42-23-9-11-25-44(42)56)47-27-14-30-50-57(47)45-26-12-13-29-49(45)59-50/h1-34H. The Morgan fingerprint density at radius 2 is 0.583 bits per heavy atom. The average molecular weight is 795 g/mol. The molecule has 2 aromatic heterocycles. The second kappa shape index (κ2) is 13.2. The van der Waals surface area contributed by atoms with E-state index in [0.717, 1.165) is 0 Å². The predicted molar refractivity (Wildman–Crippen MR) is 264 cm³/mol. The van der Waals surface area contributed by atoms with Gasteiger partial charge in [0.05, 0.1) is 0 Å². The lowest BCUT2D eigenvalue weighted by Crippen LogP contribution is -1.92. The molecule has 0 unspecified atom stereocenters. The normalized spacial score (nSPS) is 12.0. The third-order valence-corrected chi connectivity index (χ3v) is 14.9. The summed E-state index contributed by atoms with van der Waals surface area (Å²) in [6.45, 7) is 0. The summed E-state index contributed by atoms with van der Waals surface area (Å²) in [5.41, 5.74) is 10.3. The molecule has 60 heavy (non-hydrogen) atoms. The molecule has 2 heteroatoms. The van der Waals surface area contributed by atoms with Crippen LogP contribution in [-0.4, -0.2) is 0 Å². The Morgan fingerprint density at radius 3 is 1.08 bits per heavy atom. The Morgan fingerprint density at radius 1 is 0.217 bits per heavy atom. The highest BCUT2D eigenvalue weighted by Crippen LogP contribution is 2.51. The number of rotatable bonds is 4. The lowest BCUT2D eigenvalue weighted by molar-refractivity contribution is 1.66. The fourth-order valence-corrected chi connectivity index (χ4v) is 12.5. The summed E-state index contributed by atoms with van der Waals surface area (Å²) in [5.74, 6) is 0. The first kappa shape index (κ1) is 33.8. The van der Waals surface area contributed by atoms with E-state index in [1.54, 1.807) is 0 Å². The van der Waals surface area contributed by atoms with E-state index in [1.165, 1.54) is 128 Å². The predicted octanol–water partition coefficient (Wildman–Crippen LogP) is 17.7. The maximum absolute atomic E-state index is 2.45. The summed E-state index contributed by atoms with van der Waals surface area (Å²) >= 11 is 3.79. The molecule has 13 rings (SSSR count). The Balaban J connectivity index is 1.07. The maximum Gasteiger partial charge on any atom is 0.0361 e. The first-order valence-corrected chi connectivity index (χ1v) is 22.2. The molecule has 13 aromatic rings. The number of hydrogen-bond acceptors (Lipinski definition) is 2. The van der Waals surface area contributed by atoms with Gasteiger partial charge in [-0.15, -0.1) is 22.7 Å². The molecule has 278 valence electrons. The summed E-state index contributed by atoms with van der Waals surface area (Å²) in [6, 6.07) is 76.8. The zero-order valence-electron chi connectivity index (χ0n) is 32.4. The molecule has 0 saturated heterocycles. The number of thiophene rings is 2. The molecule has 0 bridgehead atoms. The van der Waals surface area contributed by atoms with Gasteiger partial charge in [0.25, 0.3) is 0 Å². The molecule has 0 spiro atoms. The van der Waals surface area contributed by atoms with Gasteiger partial charge in [-0.3, -0.25) is 0 Å². The minimum absolute atomic E-state index is 1.24. The second-order valence-corrected chi connectivity index (χ2v) is 18.0. The van der Waals surface area contributed by atoms with E-state index < -0.39 is 0 Å². The highest BCUT2D eigenvalue weighted by molar-refractivity contribution is 7.26. The molecule has 11 aromatic carbocycles. The van der Waals surface area contributed by atoms with Crippen LogP contribution < -0.4 is 0 Å². The van der Waals surface area contributed by atoms with Crippen molar-refractivity contribution in [3.63, 3.8) is 0 Å². The van der Waals surface area contributed by atoms with Gasteiger partial charge in [0.1, 0.15) is 0 Å². The molecule has 0 radical (unpaired) electrons. The van der Waals surface area contributed by atoms with Gasteiger partial charge in [0.15, 0.2) is 0 Å². The van der Waals surface area contributed by atoms with Gasteiger partial charge in [-0.25, -0.2) is 0 Å². The van der Waals surface area contributed by atoms with Crippen LogP contribution in [0.15, 0.2) is 206 Å². The SMILES string of the molecule is c1ccc(-c2c3ccccc3c(-c3ccc4c(c3)sc3cccc(-c5c6ccccc6c(-c6cccc7sc8ccccc8c67)c6ccccc56)c34)c3ccccc23)cc1. The van der Waals surface area contributed by atoms with E-state index >= 15 is 0 Å². The zero-order chi connectivity index (χ0) is 39.3. The summed E-state index contributed by atoms with van der Waals surface area (Å²) in [5, 5.41) is 15.5. The van der Waals surface area contributed by atoms with Crippen molar-refractivity contribution < 1.29 is 0 Å². The Hall–Kier alpha value is -7.10. The quantitative estimate of drug-likeness (QED) is 0.156. The van der Waals surface area contributed by atoms with Gasteiger partial charge in [0.2, 0.25) is 0 Å². The molecule has 0 saturated carbocycles. The lowest BCUT2D eigenvalue weighted by atomic mass is 9.84. The third-order valence-electron chi connectivity index (χ3n) is 12.7. The first-order valence-electron chi connectivity index (χ1n) is 20.6. The zero-order valence-corrected chi connectivity index (χ0v) is 34.1. The molecule has 0 N–H and O–H groups in total. The van der Waals surface area contributed by atoms with E-state index in [0.29, 0.717) is 0 Å². The van der Waals surface area contributed by atoms with Crippen LogP contribution >= 0.6 is 22.7 Å². The summed E-state index contributed by atoms with van der Waals surface area (Å²) in [4.78, 5) is 0. The van der Waals surface area contributed by atoms with Crippen molar-refractivity contribution in [1.29, 1.82) is 0 Å². The highest BCUT2D eigenvalue weighted by Gasteiger charge is 2.23. The Kier molecular flexibility index (Phi) is 7.45. The van der Waals surface area contributed by atoms with Crippen LogP contribution in [0.5, 0.6) is 0 Å². The molecule has 0 nitrogen and oxygen atoms in total. The molecular formula is C58H34S2. The van der Waals surface area contributed by atoms with E-state index in [1.807, 2.05) is 22.7 Å². The van der Waals surface area contributed by atoms with E-state index in [2.05, 4.69) is 206 Å². The van der Waals surface area contributed by atoms with Crippen LogP contribution in [0.25, 0.3) is 128 Å². The van der Waals surface area contributed by atoms with Crippen molar-refractivity contribution in [2.24, 2.45) is 0 Å². The van der Waals surface area contributed by atoms with Gasteiger partial charge >= 0.3 is 0 Å². The van der Waals surface area contributed by atoms with Crippen LogP contribution in [0, 0.1) is 0 Å². The van der Waals surface area contributed by atoms with Gasteiger partial charge in [-0.2, -0.15) is 0 Å². The number of hydrogen-bond donors (Lipinski definition) is 0. The van der Waals surface area contributed by atoms with Crippen LogP contribution in [0.1, 0.15) is 0 Å². The van der Waals surface area contributed by atoms with Gasteiger partial charge in [0, 0.05) is 40.3 Å². The van der Waals surface area contributed by atoms with Crippen LogP contribution in [-0.2, 0) is 0 Å². The fourth-order valence-electron chi connectivity index (χ4n) is 10.2. The molecule has 0 aliphatic rings. The van der Waals surface area contributed by atoms with E-state index in [9.17, 15) is 0 Å². The van der Waals surface area contributed by atoms with Gasteiger partial charge < -0.3 is 0 Å². The van der Waals surface area contributed by atoms with Crippen molar-refractivity contribution >= 4 is 106 Å². The molecular weight excluding hydrogens is 761 g/mol. The summed E-state index contributed by atoms with van der Waals surface area (Å²) in [7, 11) is 0. The van der Waals surface area contributed by atoms with Crippen molar-refractivity contribution in [3.05, 3.63) is 206 Å². The third kappa shape index (κ3) is 4.90. The van der Waals surface area contributed by atoms with Crippen LogP contribution in [0.4, 0.5) is 0 Å². The lowest BCUT2D eigenvalue weighted by Gasteiger charge is -2.19. The van der Waals surface area contributed by atoms with Crippen molar-refractivity contribution in [3.8, 4) is 44.5 Å². The van der Waals surface area contributed by atoms with E-state index in [4.69, 9.17) is 0 Å². The molecule has 0 aliphatic heterocycles. The summed E-state index contributed by atoms with van der Waals surface area (Å²) in [6.07, 6.45) is 0. The molecule has 0 amide bonds. The smallest absolute Gasteiger partial charge is 0.0361 e. The number of fused-ring (bicyclic) bond motifs is 10. The monoisotopic (exact) mass is 794 g/mol. The van der Waals surface area contributed by atoms with Crippen LogP contribution in [0.3, 0.4) is 0 Å². The Labute approximate surface area is 354 Å². The molecule has 0 aliphatic carbocycles.